The van der Waals surface area contributed by atoms with Gasteiger partial charge in [-0.05, 0) is 12.3 Å². The highest BCUT2D eigenvalue weighted by atomic mass is 16.6. The first-order valence-corrected chi connectivity index (χ1v) is 8.91. The van der Waals surface area contributed by atoms with Crippen LogP contribution in [0.1, 0.15) is 52.0 Å². The highest BCUT2D eigenvalue weighted by Gasteiger charge is 2.19. The van der Waals surface area contributed by atoms with Gasteiger partial charge in [0.2, 0.25) is 0 Å². The van der Waals surface area contributed by atoms with Gasteiger partial charge in [0.15, 0.2) is 0 Å². The molecule has 0 radical (unpaired) electrons. The Bertz CT molecular complexity index is 700. The van der Waals surface area contributed by atoms with Gasteiger partial charge in [-0.1, -0.05) is 27.2 Å². The summed E-state index contributed by atoms with van der Waals surface area (Å²) in [5, 5.41) is 21.7. The van der Waals surface area contributed by atoms with E-state index in [4.69, 9.17) is 9.47 Å². The number of non-ortho nitro benzene ring substituents is 2. The minimum absolute atomic E-state index is 0.111. The van der Waals surface area contributed by atoms with Gasteiger partial charge in [0.25, 0.3) is 11.4 Å². The van der Waals surface area contributed by atoms with Crippen LogP contribution < -0.4 is 0 Å². The standard InChI is InChI=1S/C18H24N2O8/c1-4-5-16(12(2)3)28-18(22)7-6-17(21)27-11-13-8-14(19(23)24)10-15(9-13)20(25)26/h8-10,12,16H,4-7,11H2,1-3H3. The summed E-state index contributed by atoms with van der Waals surface area (Å²) in [7, 11) is 0. The predicted molar refractivity (Wildman–Crippen MR) is 98.4 cm³/mol. The second kappa shape index (κ2) is 11.0. The van der Waals surface area contributed by atoms with Gasteiger partial charge < -0.3 is 9.47 Å². The Balaban J connectivity index is 2.57. The van der Waals surface area contributed by atoms with Crippen LogP contribution in [0.15, 0.2) is 18.2 Å². The molecule has 1 atom stereocenters. The van der Waals surface area contributed by atoms with Crippen molar-refractivity contribution in [1.29, 1.82) is 0 Å². The average molecular weight is 396 g/mol. The summed E-state index contributed by atoms with van der Waals surface area (Å²) < 4.78 is 10.3. The molecule has 0 aliphatic rings. The van der Waals surface area contributed by atoms with E-state index in [1.54, 1.807) is 0 Å². The molecule has 28 heavy (non-hydrogen) atoms. The van der Waals surface area contributed by atoms with E-state index in [1.807, 2.05) is 20.8 Å². The van der Waals surface area contributed by atoms with Crippen molar-refractivity contribution in [1.82, 2.24) is 0 Å². The van der Waals surface area contributed by atoms with E-state index in [1.165, 1.54) is 0 Å². The maximum absolute atomic E-state index is 11.9. The van der Waals surface area contributed by atoms with Crippen molar-refractivity contribution in [3.8, 4) is 0 Å². The van der Waals surface area contributed by atoms with Crippen LogP contribution in [0.25, 0.3) is 0 Å². The molecule has 154 valence electrons. The zero-order chi connectivity index (χ0) is 21.3. The minimum Gasteiger partial charge on any atom is -0.462 e. The SMILES string of the molecule is CCCC(OC(=O)CCC(=O)OCc1cc([N+](=O)[O-])cc([N+](=O)[O-])c1)C(C)C. The molecule has 0 fully saturated rings. The number of hydrogen-bond acceptors (Lipinski definition) is 8. The van der Waals surface area contributed by atoms with Crippen LogP contribution in [0.2, 0.25) is 0 Å². The molecule has 1 aromatic carbocycles. The maximum Gasteiger partial charge on any atom is 0.306 e. The van der Waals surface area contributed by atoms with E-state index >= 15 is 0 Å². The molecule has 10 nitrogen and oxygen atoms in total. The first-order chi connectivity index (χ1) is 13.1. The monoisotopic (exact) mass is 396 g/mol. The fourth-order valence-electron chi connectivity index (χ4n) is 2.43. The summed E-state index contributed by atoms with van der Waals surface area (Å²) in [6, 6.07) is 3.00. The van der Waals surface area contributed by atoms with Gasteiger partial charge in [-0.25, -0.2) is 0 Å². The van der Waals surface area contributed by atoms with E-state index in [0.717, 1.165) is 31.0 Å². The van der Waals surface area contributed by atoms with Crippen molar-refractivity contribution in [3.05, 3.63) is 44.0 Å². The van der Waals surface area contributed by atoms with Crippen molar-refractivity contribution >= 4 is 23.3 Å². The van der Waals surface area contributed by atoms with Gasteiger partial charge in [0, 0.05) is 17.7 Å². The molecule has 0 saturated carbocycles. The van der Waals surface area contributed by atoms with Gasteiger partial charge in [-0.3, -0.25) is 29.8 Å². The number of benzene rings is 1. The first-order valence-electron chi connectivity index (χ1n) is 8.91. The Morgan fingerprint density at radius 3 is 2.00 bits per heavy atom. The number of rotatable bonds is 11. The second-order valence-electron chi connectivity index (χ2n) is 6.59. The van der Waals surface area contributed by atoms with Crippen LogP contribution in [0.3, 0.4) is 0 Å². The Morgan fingerprint density at radius 2 is 1.54 bits per heavy atom. The topological polar surface area (TPSA) is 139 Å². The molecule has 0 saturated heterocycles. The maximum atomic E-state index is 11.9. The van der Waals surface area contributed by atoms with Crippen molar-refractivity contribution < 1.29 is 28.9 Å². The molecule has 1 aromatic rings. The third kappa shape index (κ3) is 7.68. The smallest absolute Gasteiger partial charge is 0.306 e. The Hall–Kier alpha value is -3.04. The fraction of sp³-hybridized carbons (Fsp3) is 0.556. The zero-order valence-electron chi connectivity index (χ0n) is 16.1. The summed E-state index contributed by atoms with van der Waals surface area (Å²) in [6.07, 6.45) is 1.03. The molecule has 0 aliphatic carbocycles. The van der Waals surface area contributed by atoms with Gasteiger partial charge in [0.05, 0.1) is 28.8 Å². The van der Waals surface area contributed by atoms with E-state index in [-0.39, 0.29) is 37.0 Å². The lowest BCUT2D eigenvalue weighted by Gasteiger charge is -2.20. The van der Waals surface area contributed by atoms with Crippen molar-refractivity contribution in [2.75, 3.05) is 0 Å². The minimum atomic E-state index is -0.768. The highest BCUT2D eigenvalue weighted by molar-refractivity contribution is 5.77. The van der Waals surface area contributed by atoms with E-state index < -0.39 is 33.2 Å². The Kier molecular flexibility index (Phi) is 9.00. The van der Waals surface area contributed by atoms with Gasteiger partial charge in [-0.2, -0.15) is 0 Å². The molecule has 1 unspecified atom stereocenters. The number of carbonyl (C=O) groups excluding carboxylic acids is 2. The summed E-state index contributed by atoms with van der Waals surface area (Å²) in [4.78, 5) is 43.8. The van der Waals surface area contributed by atoms with Gasteiger partial charge in [-0.15, -0.1) is 0 Å². The number of carbonyl (C=O) groups is 2. The number of ether oxygens (including phenoxy) is 2. The van der Waals surface area contributed by atoms with Crippen LogP contribution >= 0.6 is 0 Å². The zero-order valence-corrected chi connectivity index (χ0v) is 16.1. The number of hydrogen-bond donors (Lipinski definition) is 0. The average Bonchev–Trinajstić information content (AvgIpc) is 2.63. The number of nitrogens with zero attached hydrogens (tertiary/aromatic N) is 2. The summed E-state index contributed by atoms with van der Waals surface area (Å²) >= 11 is 0. The lowest BCUT2D eigenvalue weighted by Crippen LogP contribution is -2.24. The summed E-state index contributed by atoms with van der Waals surface area (Å²) in [6.45, 7) is 5.50. The lowest BCUT2D eigenvalue weighted by molar-refractivity contribution is -0.394. The Morgan fingerprint density at radius 1 is 1.00 bits per heavy atom. The third-order valence-electron chi connectivity index (χ3n) is 3.92. The molecule has 0 aromatic heterocycles. The van der Waals surface area contributed by atoms with Gasteiger partial charge in [0.1, 0.15) is 12.7 Å². The van der Waals surface area contributed by atoms with E-state index in [9.17, 15) is 29.8 Å². The lowest BCUT2D eigenvalue weighted by atomic mass is 10.0. The summed E-state index contributed by atoms with van der Waals surface area (Å²) in [5.74, 6) is -1.04. The van der Waals surface area contributed by atoms with E-state index in [0.29, 0.717) is 0 Å². The van der Waals surface area contributed by atoms with Crippen molar-refractivity contribution in [2.24, 2.45) is 5.92 Å². The summed E-state index contributed by atoms with van der Waals surface area (Å²) in [5.41, 5.74) is -0.835. The van der Waals surface area contributed by atoms with Crippen LogP contribution in [0.5, 0.6) is 0 Å². The third-order valence-corrected chi connectivity index (χ3v) is 3.92. The van der Waals surface area contributed by atoms with Crippen molar-refractivity contribution in [2.45, 2.75) is 59.2 Å². The fourth-order valence-corrected chi connectivity index (χ4v) is 2.43. The molecular formula is C18H24N2O8. The largest absolute Gasteiger partial charge is 0.462 e. The first kappa shape index (κ1) is 23.0. The highest BCUT2D eigenvalue weighted by Crippen LogP contribution is 2.23. The number of esters is 2. The van der Waals surface area contributed by atoms with E-state index in [2.05, 4.69) is 0 Å². The molecule has 10 heteroatoms. The molecule has 0 bridgehead atoms. The molecule has 0 aliphatic heterocycles. The van der Waals surface area contributed by atoms with Gasteiger partial charge >= 0.3 is 11.9 Å². The molecule has 1 rings (SSSR count). The number of nitro groups is 2. The molecule has 0 heterocycles. The number of nitro benzene ring substituents is 2. The molecule has 0 N–H and O–H groups in total. The van der Waals surface area contributed by atoms with Crippen LogP contribution in [0.4, 0.5) is 11.4 Å². The van der Waals surface area contributed by atoms with Crippen LogP contribution in [0, 0.1) is 26.1 Å². The second-order valence-corrected chi connectivity index (χ2v) is 6.59. The van der Waals surface area contributed by atoms with Crippen LogP contribution in [-0.2, 0) is 25.7 Å². The quantitative estimate of drug-likeness (QED) is 0.313. The van der Waals surface area contributed by atoms with Crippen LogP contribution in [-0.4, -0.2) is 27.9 Å². The molecule has 0 amide bonds. The normalized spacial score (nSPS) is 11.7. The predicted octanol–water partition coefficient (Wildman–Crippen LogP) is 3.69. The molecule has 0 spiro atoms. The van der Waals surface area contributed by atoms with Crippen molar-refractivity contribution in [3.63, 3.8) is 0 Å². The Labute approximate surface area is 162 Å². The molecular weight excluding hydrogens is 372 g/mol.